The summed E-state index contributed by atoms with van der Waals surface area (Å²) in [6.45, 7) is 4.64. The van der Waals surface area contributed by atoms with E-state index in [2.05, 4.69) is 37.4 Å². The number of aryl methyl sites for hydroxylation is 2. The first-order valence-corrected chi connectivity index (χ1v) is 7.68. The number of hydrogen-bond acceptors (Lipinski definition) is 3. The van der Waals surface area contributed by atoms with E-state index in [-0.39, 0.29) is 24.3 Å². The van der Waals surface area contributed by atoms with Gasteiger partial charge < -0.3 is 10.2 Å². The van der Waals surface area contributed by atoms with Crippen LogP contribution in [0, 0.1) is 13.8 Å². The zero-order valence-corrected chi connectivity index (χ0v) is 14.0. The largest absolute Gasteiger partial charge is 0.356 e. The van der Waals surface area contributed by atoms with E-state index in [0.29, 0.717) is 6.54 Å². The number of carbonyl (C=O) groups excluding carboxylic acids is 3. The molecule has 0 radical (unpaired) electrons. The second-order valence-electron chi connectivity index (χ2n) is 6.03. The number of urea groups is 1. The highest BCUT2D eigenvalue weighted by Gasteiger charge is 2.41. The van der Waals surface area contributed by atoms with Crippen LogP contribution >= 0.6 is 0 Å². The molecule has 1 heterocycles. The van der Waals surface area contributed by atoms with Gasteiger partial charge in [0, 0.05) is 20.6 Å². The first-order chi connectivity index (χ1) is 10.8. The molecule has 23 heavy (non-hydrogen) atoms. The zero-order chi connectivity index (χ0) is 17.1. The average Bonchev–Trinajstić information content (AvgIpc) is 2.69. The van der Waals surface area contributed by atoms with Gasteiger partial charge in [0.2, 0.25) is 5.91 Å². The molecule has 1 N–H and O–H groups in total. The molecule has 1 aliphatic heterocycles. The van der Waals surface area contributed by atoms with Gasteiger partial charge in [0.15, 0.2) is 0 Å². The molecule has 1 aromatic rings. The van der Waals surface area contributed by atoms with Gasteiger partial charge in [-0.1, -0.05) is 18.2 Å². The van der Waals surface area contributed by atoms with Gasteiger partial charge in [-0.25, -0.2) is 4.79 Å². The van der Waals surface area contributed by atoms with Gasteiger partial charge in [-0.3, -0.25) is 14.5 Å². The van der Waals surface area contributed by atoms with E-state index in [1.54, 1.807) is 0 Å². The van der Waals surface area contributed by atoms with Crippen LogP contribution in [-0.2, 0) is 16.0 Å². The lowest BCUT2D eigenvalue weighted by Crippen LogP contribution is -2.37. The van der Waals surface area contributed by atoms with Crippen LogP contribution in [0.3, 0.4) is 0 Å². The van der Waals surface area contributed by atoms with Crippen molar-refractivity contribution in [3.05, 3.63) is 34.9 Å². The highest BCUT2D eigenvalue weighted by molar-refractivity contribution is 6.05. The lowest BCUT2D eigenvalue weighted by molar-refractivity contribution is -0.131. The van der Waals surface area contributed by atoms with Crippen molar-refractivity contribution in [2.75, 3.05) is 20.6 Å². The lowest BCUT2D eigenvalue weighted by atomic mass is 10.0. The van der Waals surface area contributed by atoms with Crippen molar-refractivity contribution in [2.45, 2.75) is 32.7 Å². The highest BCUT2D eigenvalue weighted by Crippen LogP contribution is 2.16. The smallest absolute Gasteiger partial charge is 0.326 e. The summed E-state index contributed by atoms with van der Waals surface area (Å²) in [5.41, 5.74) is 3.64. The summed E-state index contributed by atoms with van der Waals surface area (Å²) in [6.07, 6.45) is 0.735. The number of likely N-dealkylation sites (N-methyl/N-ethyl adjacent to an activating group) is 2. The second kappa shape index (κ2) is 6.81. The van der Waals surface area contributed by atoms with Crippen molar-refractivity contribution in [3.63, 3.8) is 0 Å². The van der Waals surface area contributed by atoms with Gasteiger partial charge in [-0.2, -0.15) is 0 Å². The standard InChI is InChI=1S/C17H23N3O3/c1-11-5-6-13(9-12(11)2)7-8-18-15(21)10-14-16(22)20(4)17(23)19(14)3/h5-6,9,14H,7-8,10H2,1-4H3,(H,18,21). The van der Waals surface area contributed by atoms with Crippen LogP contribution in [0.4, 0.5) is 4.79 Å². The van der Waals surface area contributed by atoms with Crippen molar-refractivity contribution in [3.8, 4) is 0 Å². The molecule has 1 aliphatic rings. The molecule has 1 aromatic carbocycles. The summed E-state index contributed by atoms with van der Waals surface area (Å²) in [4.78, 5) is 37.9. The molecule has 1 unspecified atom stereocenters. The van der Waals surface area contributed by atoms with Crippen LogP contribution < -0.4 is 5.32 Å². The van der Waals surface area contributed by atoms with Gasteiger partial charge in [0.1, 0.15) is 6.04 Å². The van der Waals surface area contributed by atoms with Crippen molar-refractivity contribution >= 4 is 17.8 Å². The Morgan fingerprint density at radius 2 is 1.87 bits per heavy atom. The van der Waals surface area contributed by atoms with E-state index in [9.17, 15) is 14.4 Å². The van der Waals surface area contributed by atoms with Crippen LogP contribution in [0.15, 0.2) is 18.2 Å². The molecular formula is C17H23N3O3. The Morgan fingerprint density at radius 3 is 2.43 bits per heavy atom. The maximum atomic E-state index is 12.0. The summed E-state index contributed by atoms with van der Waals surface area (Å²) in [5.74, 6) is -0.552. The predicted octanol–water partition coefficient (Wildman–Crippen LogP) is 1.24. The number of nitrogens with one attached hydrogen (secondary N) is 1. The number of nitrogens with zero attached hydrogens (tertiary/aromatic N) is 2. The fourth-order valence-corrected chi connectivity index (χ4v) is 2.63. The number of benzene rings is 1. The van der Waals surface area contributed by atoms with Crippen LogP contribution in [0.1, 0.15) is 23.1 Å². The van der Waals surface area contributed by atoms with Gasteiger partial charge in [0.05, 0.1) is 6.42 Å². The fraction of sp³-hybridized carbons (Fsp3) is 0.471. The Bertz CT molecular complexity index is 642. The Morgan fingerprint density at radius 1 is 1.17 bits per heavy atom. The number of carbonyl (C=O) groups is 3. The molecule has 0 aromatic heterocycles. The molecule has 1 fully saturated rings. The molecule has 0 saturated carbocycles. The van der Waals surface area contributed by atoms with Gasteiger partial charge >= 0.3 is 6.03 Å². The van der Waals surface area contributed by atoms with Crippen molar-refractivity contribution in [1.29, 1.82) is 0 Å². The van der Waals surface area contributed by atoms with Gasteiger partial charge in [-0.15, -0.1) is 0 Å². The summed E-state index contributed by atoms with van der Waals surface area (Å²) in [5, 5.41) is 2.82. The van der Waals surface area contributed by atoms with Crippen LogP contribution in [0.25, 0.3) is 0 Å². The molecule has 0 spiro atoms. The number of rotatable bonds is 5. The monoisotopic (exact) mass is 317 g/mol. The minimum Gasteiger partial charge on any atom is -0.356 e. The fourth-order valence-electron chi connectivity index (χ4n) is 2.63. The van der Waals surface area contributed by atoms with E-state index in [0.717, 1.165) is 16.9 Å². The maximum Gasteiger partial charge on any atom is 0.326 e. The normalized spacial score (nSPS) is 17.8. The first kappa shape index (κ1) is 17.0. The lowest BCUT2D eigenvalue weighted by Gasteiger charge is -2.15. The SMILES string of the molecule is Cc1ccc(CCNC(=O)CC2C(=O)N(C)C(=O)N2C)cc1C. The minimum absolute atomic E-state index is 0.00165. The van der Waals surface area contributed by atoms with E-state index in [1.807, 2.05) is 0 Å². The number of imide groups is 1. The molecule has 6 heteroatoms. The second-order valence-corrected chi connectivity index (χ2v) is 6.03. The summed E-state index contributed by atoms with van der Waals surface area (Å²) in [6, 6.07) is 5.16. The van der Waals surface area contributed by atoms with E-state index < -0.39 is 6.04 Å². The Balaban J connectivity index is 1.82. The van der Waals surface area contributed by atoms with Crippen LogP contribution in [0.5, 0.6) is 0 Å². The molecule has 2 rings (SSSR count). The van der Waals surface area contributed by atoms with Crippen molar-refractivity contribution in [1.82, 2.24) is 15.1 Å². The Hall–Kier alpha value is -2.37. The minimum atomic E-state index is -0.700. The predicted molar refractivity (Wildman–Crippen MR) is 87.0 cm³/mol. The van der Waals surface area contributed by atoms with Crippen LogP contribution in [-0.4, -0.2) is 54.3 Å². The van der Waals surface area contributed by atoms with E-state index >= 15 is 0 Å². The molecule has 1 saturated heterocycles. The highest BCUT2D eigenvalue weighted by atomic mass is 16.2. The molecule has 0 aliphatic carbocycles. The van der Waals surface area contributed by atoms with Crippen molar-refractivity contribution in [2.24, 2.45) is 0 Å². The Labute approximate surface area is 136 Å². The zero-order valence-electron chi connectivity index (χ0n) is 14.0. The molecule has 6 nitrogen and oxygen atoms in total. The van der Waals surface area contributed by atoms with Gasteiger partial charge in [-0.05, 0) is 37.0 Å². The number of hydrogen-bond donors (Lipinski definition) is 1. The van der Waals surface area contributed by atoms with Gasteiger partial charge in [0.25, 0.3) is 5.91 Å². The first-order valence-electron chi connectivity index (χ1n) is 7.68. The third-order valence-corrected chi connectivity index (χ3v) is 4.36. The Kier molecular flexibility index (Phi) is 5.03. The molecule has 4 amide bonds. The third-order valence-electron chi connectivity index (χ3n) is 4.36. The van der Waals surface area contributed by atoms with E-state index in [1.165, 1.54) is 30.1 Å². The summed E-state index contributed by atoms with van der Waals surface area (Å²) < 4.78 is 0. The van der Waals surface area contributed by atoms with Crippen LogP contribution in [0.2, 0.25) is 0 Å². The molecule has 124 valence electrons. The summed E-state index contributed by atoms with van der Waals surface area (Å²) in [7, 11) is 2.97. The number of amides is 4. The summed E-state index contributed by atoms with van der Waals surface area (Å²) >= 11 is 0. The van der Waals surface area contributed by atoms with Crippen molar-refractivity contribution < 1.29 is 14.4 Å². The maximum absolute atomic E-state index is 12.0. The topological polar surface area (TPSA) is 69.7 Å². The van der Waals surface area contributed by atoms with E-state index in [4.69, 9.17) is 0 Å². The molecular weight excluding hydrogens is 294 g/mol. The average molecular weight is 317 g/mol. The third kappa shape index (κ3) is 3.70. The molecule has 1 atom stereocenters. The quantitative estimate of drug-likeness (QED) is 0.831. The molecule has 0 bridgehead atoms.